The second-order valence-corrected chi connectivity index (χ2v) is 8.55. The topological polar surface area (TPSA) is 67.6 Å². The van der Waals surface area contributed by atoms with Crippen LogP contribution in [0.2, 0.25) is 5.02 Å². The Bertz CT molecular complexity index is 1240. The molecular formula is C25H24ClN3O4S. The van der Waals surface area contributed by atoms with Gasteiger partial charge < -0.3 is 18.9 Å². The van der Waals surface area contributed by atoms with Gasteiger partial charge >= 0.3 is 0 Å². The molecule has 0 spiro atoms. The Balaban J connectivity index is 1.80. The quantitative estimate of drug-likeness (QED) is 0.266. The predicted octanol–water partition coefficient (Wildman–Crippen LogP) is 5.91. The van der Waals surface area contributed by atoms with Crippen LogP contribution in [0, 0.1) is 0 Å². The number of hydrogen-bond donors (Lipinski definition) is 0. The van der Waals surface area contributed by atoms with Crippen LogP contribution in [0.25, 0.3) is 17.1 Å². The fourth-order valence-electron chi connectivity index (χ4n) is 3.45. The fraction of sp³-hybridized carbons (Fsp3) is 0.200. The minimum absolute atomic E-state index is 0.515. The maximum absolute atomic E-state index is 6.03. The number of halogens is 1. The number of thioether (sulfide) groups is 1. The van der Waals surface area contributed by atoms with Crippen molar-refractivity contribution in [2.45, 2.75) is 10.9 Å². The summed E-state index contributed by atoms with van der Waals surface area (Å²) >= 11 is 7.61. The molecule has 9 heteroatoms. The summed E-state index contributed by atoms with van der Waals surface area (Å²) in [4.78, 5) is 0. The third-order valence-corrected chi connectivity index (χ3v) is 6.42. The van der Waals surface area contributed by atoms with Crippen molar-refractivity contribution in [2.75, 3.05) is 28.4 Å². The summed E-state index contributed by atoms with van der Waals surface area (Å²) in [5, 5.41) is 10.5. The first-order chi connectivity index (χ1) is 16.6. The number of methoxy groups -OCH3 is 4. The van der Waals surface area contributed by atoms with Crippen LogP contribution in [0.5, 0.6) is 23.0 Å². The Morgan fingerprint density at radius 2 is 1.44 bits per heavy atom. The molecule has 34 heavy (non-hydrogen) atoms. The number of ether oxygens (including phenoxy) is 4. The summed E-state index contributed by atoms with van der Waals surface area (Å²) in [5.41, 5.74) is 2.80. The fourth-order valence-corrected chi connectivity index (χ4v) is 4.49. The first-order valence-electron chi connectivity index (χ1n) is 10.4. The van der Waals surface area contributed by atoms with E-state index in [0.717, 1.165) is 27.7 Å². The highest BCUT2D eigenvalue weighted by atomic mass is 35.5. The van der Waals surface area contributed by atoms with E-state index < -0.39 is 0 Å². The van der Waals surface area contributed by atoms with Crippen molar-refractivity contribution in [1.29, 1.82) is 0 Å². The molecule has 0 bridgehead atoms. The summed E-state index contributed by atoms with van der Waals surface area (Å²) in [7, 11) is 6.39. The van der Waals surface area contributed by atoms with Crippen LogP contribution < -0.4 is 18.9 Å². The molecule has 0 saturated heterocycles. The monoisotopic (exact) mass is 497 g/mol. The molecule has 0 unspecified atom stereocenters. The Morgan fingerprint density at radius 3 is 2.00 bits per heavy atom. The number of aromatic nitrogens is 3. The van der Waals surface area contributed by atoms with Crippen LogP contribution in [-0.2, 0) is 5.75 Å². The first kappa shape index (κ1) is 23.8. The van der Waals surface area contributed by atoms with Crippen molar-refractivity contribution < 1.29 is 18.9 Å². The molecule has 0 amide bonds. The smallest absolute Gasteiger partial charge is 0.203 e. The van der Waals surface area contributed by atoms with Crippen molar-refractivity contribution in [3.63, 3.8) is 0 Å². The van der Waals surface area contributed by atoms with Gasteiger partial charge in [0.2, 0.25) is 5.75 Å². The maximum Gasteiger partial charge on any atom is 0.203 e. The molecule has 4 aromatic rings. The molecule has 0 aliphatic carbocycles. The third kappa shape index (κ3) is 4.93. The van der Waals surface area contributed by atoms with Gasteiger partial charge in [0.05, 0.1) is 28.4 Å². The SMILES string of the molecule is COc1ccc(-n2c(SCc3ccc(Cl)cc3)nnc2-c2cc(OC)c(OC)c(OC)c2)cc1. The molecule has 0 aliphatic heterocycles. The lowest BCUT2D eigenvalue weighted by molar-refractivity contribution is 0.324. The molecule has 4 rings (SSSR count). The molecule has 0 radical (unpaired) electrons. The zero-order chi connectivity index (χ0) is 24.1. The van der Waals surface area contributed by atoms with Crippen LogP contribution >= 0.6 is 23.4 Å². The van der Waals surface area contributed by atoms with E-state index in [1.54, 1.807) is 40.2 Å². The molecule has 1 aromatic heterocycles. The number of benzene rings is 3. The summed E-state index contributed by atoms with van der Waals surface area (Å²) < 4.78 is 23.9. The third-order valence-electron chi connectivity index (χ3n) is 5.17. The lowest BCUT2D eigenvalue weighted by atomic mass is 10.1. The number of hydrogen-bond acceptors (Lipinski definition) is 7. The van der Waals surface area contributed by atoms with Crippen molar-refractivity contribution in [3.8, 4) is 40.1 Å². The van der Waals surface area contributed by atoms with E-state index in [1.807, 2.05) is 65.2 Å². The van der Waals surface area contributed by atoms with E-state index in [2.05, 4.69) is 10.2 Å². The van der Waals surface area contributed by atoms with Crippen molar-refractivity contribution >= 4 is 23.4 Å². The zero-order valence-electron chi connectivity index (χ0n) is 19.2. The first-order valence-corrected chi connectivity index (χ1v) is 11.7. The Kier molecular flexibility index (Phi) is 7.49. The predicted molar refractivity (Wildman–Crippen MR) is 134 cm³/mol. The van der Waals surface area contributed by atoms with Gasteiger partial charge in [0.1, 0.15) is 5.75 Å². The largest absolute Gasteiger partial charge is 0.497 e. The molecular weight excluding hydrogens is 474 g/mol. The van der Waals surface area contributed by atoms with Gasteiger partial charge in [0, 0.05) is 22.0 Å². The lowest BCUT2D eigenvalue weighted by Gasteiger charge is -2.15. The molecule has 0 saturated carbocycles. The molecule has 0 fully saturated rings. The minimum Gasteiger partial charge on any atom is -0.497 e. The molecule has 176 valence electrons. The summed E-state index contributed by atoms with van der Waals surface area (Å²) in [6.45, 7) is 0. The molecule has 0 aliphatic rings. The number of nitrogens with zero attached hydrogens (tertiary/aromatic N) is 3. The molecule has 0 N–H and O–H groups in total. The van der Waals surface area contributed by atoms with E-state index >= 15 is 0 Å². The van der Waals surface area contributed by atoms with Gasteiger partial charge in [-0.2, -0.15) is 0 Å². The van der Waals surface area contributed by atoms with E-state index in [9.17, 15) is 0 Å². The van der Waals surface area contributed by atoms with Crippen molar-refractivity contribution in [3.05, 3.63) is 71.2 Å². The molecule has 3 aromatic carbocycles. The van der Waals surface area contributed by atoms with E-state index in [0.29, 0.717) is 33.8 Å². The Hall–Kier alpha value is -3.36. The van der Waals surface area contributed by atoms with Crippen LogP contribution in [0.15, 0.2) is 65.8 Å². The van der Waals surface area contributed by atoms with Gasteiger partial charge in [0.15, 0.2) is 22.5 Å². The summed E-state index contributed by atoms with van der Waals surface area (Å²) in [5.74, 6) is 3.71. The van der Waals surface area contributed by atoms with Crippen LogP contribution in [0.3, 0.4) is 0 Å². The summed E-state index contributed by atoms with van der Waals surface area (Å²) in [6.07, 6.45) is 0. The maximum atomic E-state index is 6.03. The molecule has 7 nitrogen and oxygen atoms in total. The zero-order valence-corrected chi connectivity index (χ0v) is 20.8. The Morgan fingerprint density at radius 1 is 0.794 bits per heavy atom. The second kappa shape index (κ2) is 10.7. The number of rotatable bonds is 9. The second-order valence-electron chi connectivity index (χ2n) is 7.17. The van der Waals surface area contributed by atoms with Crippen LogP contribution in [-0.4, -0.2) is 43.2 Å². The van der Waals surface area contributed by atoms with Crippen LogP contribution in [0.1, 0.15) is 5.56 Å². The van der Waals surface area contributed by atoms with Gasteiger partial charge in [0.25, 0.3) is 0 Å². The minimum atomic E-state index is 0.515. The van der Waals surface area contributed by atoms with Crippen LogP contribution in [0.4, 0.5) is 0 Å². The van der Waals surface area contributed by atoms with Gasteiger partial charge in [-0.25, -0.2) is 0 Å². The van der Waals surface area contributed by atoms with Crippen molar-refractivity contribution in [1.82, 2.24) is 14.8 Å². The van der Waals surface area contributed by atoms with E-state index in [1.165, 1.54) is 0 Å². The normalized spacial score (nSPS) is 10.7. The van der Waals surface area contributed by atoms with Gasteiger partial charge in [-0.3, -0.25) is 4.57 Å². The van der Waals surface area contributed by atoms with Gasteiger partial charge in [-0.1, -0.05) is 35.5 Å². The van der Waals surface area contributed by atoms with Gasteiger partial charge in [-0.15, -0.1) is 10.2 Å². The highest BCUT2D eigenvalue weighted by Gasteiger charge is 2.21. The van der Waals surface area contributed by atoms with Gasteiger partial charge in [-0.05, 0) is 54.1 Å². The highest BCUT2D eigenvalue weighted by molar-refractivity contribution is 7.98. The standard InChI is InChI=1S/C25H24ClN3O4S/c1-30-20-11-9-19(10-12-20)29-24(17-13-21(31-2)23(33-4)22(14-17)32-3)27-28-25(29)34-15-16-5-7-18(26)8-6-16/h5-14H,15H2,1-4H3. The average Bonchev–Trinajstić information content (AvgIpc) is 3.31. The molecule has 1 heterocycles. The van der Waals surface area contributed by atoms with Crippen molar-refractivity contribution in [2.24, 2.45) is 0 Å². The Labute approximate surface area is 207 Å². The van der Waals surface area contributed by atoms with E-state index in [4.69, 9.17) is 30.5 Å². The lowest BCUT2D eigenvalue weighted by Crippen LogP contribution is -2.01. The average molecular weight is 498 g/mol. The molecule has 0 atom stereocenters. The highest BCUT2D eigenvalue weighted by Crippen LogP contribution is 2.42. The van der Waals surface area contributed by atoms with E-state index in [-0.39, 0.29) is 0 Å². The summed E-state index contributed by atoms with van der Waals surface area (Å²) in [6, 6.07) is 19.2.